The summed E-state index contributed by atoms with van der Waals surface area (Å²) in [4.78, 5) is 49.5. The van der Waals surface area contributed by atoms with Crippen LogP contribution < -0.4 is 29.6 Å². The maximum atomic E-state index is 13.9. The maximum Gasteiger partial charge on any atom is 1.00 e. The minimum Gasteiger partial charge on any atom is -1.00 e. The molecule has 0 amide bonds. The number of aliphatic hydroxyl groups is 1. The van der Waals surface area contributed by atoms with Crippen molar-refractivity contribution in [2.24, 2.45) is 28.6 Å². The molecule has 4 aliphatic carbocycles. The van der Waals surface area contributed by atoms with E-state index in [1.54, 1.807) is 19.9 Å². The van der Waals surface area contributed by atoms with E-state index in [0.29, 0.717) is 19.3 Å². The first kappa shape index (κ1) is 30.6. The number of carbonyl (C=O) groups excluding carboxylic acids is 4. The van der Waals surface area contributed by atoms with Crippen molar-refractivity contribution < 1.29 is 64.7 Å². The van der Waals surface area contributed by atoms with Crippen LogP contribution >= 0.6 is 11.6 Å². The van der Waals surface area contributed by atoms with E-state index in [0.717, 1.165) is 5.57 Å². The van der Waals surface area contributed by atoms with Crippen LogP contribution in [0, 0.1) is 28.6 Å². The average Bonchev–Trinajstić information content (AvgIpc) is 3.05. The number of allylic oxidation sites excluding steroid dienone is 4. The van der Waals surface area contributed by atoms with Crippen LogP contribution in [0.4, 0.5) is 0 Å². The van der Waals surface area contributed by atoms with Gasteiger partial charge in [-0.1, -0.05) is 46.3 Å². The van der Waals surface area contributed by atoms with Gasteiger partial charge >= 0.3 is 41.5 Å². The van der Waals surface area contributed by atoms with Crippen LogP contribution in [0.5, 0.6) is 0 Å². The van der Waals surface area contributed by atoms with Crippen LogP contribution in [0.15, 0.2) is 23.8 Å². The van der Waals surface area contributed by atoms with Gasteiger partial charge in [-0.15, -0.1) is 11.6 Å². The Labute approximate surface area is 247 Å². The molecule has 0 aromatic heterocycles. The molecule has 0 unspecified atom stereocenters. The summed E-state index contributed by atoms with van der Waals surface area (Å²) in [5.74, 6) is -2.24. The first-order valence-corrected chi connectivity index (χ1v) is 13.4. The fraction of sp³-hybridized carbons (Fsp3) is 0.714. The molecule has 0 aliphatic heterocycles. The van der Waals surface area contributed by atoms with Gasteiger partial charge in [0.2, 0.25) is 5.78 Å². The molecule has 9 heteroatoms. The Morgan fingerprint density at radius 1 is 1.16 bits per heavy atom. The van der Waals surface area contributed by atoms with Gasteiger partial charge < -0.3 is 16.0 Å². The van der Waals surface area contributed by atoms with Crippen molar-refractivity contribution in [2.75, 3.05) is 6.61 Å². The fourth-order valence-corrected chi connectivity index (χ4v) is 8.53. The van der Waals surface area contributed by atoms with Crippen LogP contribution in [0.25, 0.3) is 0 Å². The number of hydrogen-bond donors (Lipinski definition) is 1. The van der Waals surface area contributed by atoms with Gasteiger partial charge in [0.1, 0.15) is 0 Å². The van der Waals surface area contributed by atoms with Gasteiger partial charge in [-0.05, 0) is 49.7 Å². The van der Waals surface area contributed by atoms with E-state index in [1.807, 2.05) is 26.8 Å². The summed E-state index contributed by atoms with van der Waals surface area (Å²) in [6.07, 6.45) is 6.18. The largest absolute Gasteiger partial charge is 1.00 e. The van der Waals surface area contributed by atoms with Gasteiger partial charge in [0, 0.05) is 29.6 Å². The average molecular weight is 545 g/mol. The third-order valence-corrected chi connectivity index (χ3v) is 10.7. The number of esters is 2. The van der Waals surface area contributed by atoms with E-state index >= 15 is 0 Å². The zero-order valence-electron chi connectivity index (χ0n) is 23.8. The predicted molar refractivity (Wildman–Crippen MR) is 134 cm³/mol. The monoisotopic (exact) mass is 544 g/mol. The van der Waals surface area contributed by atoms with E-state index in [9.17, 15) is 24.3 Å². The summed E-state index contributed by atoms with van der Waals surface area (Å²) >= 11 is 7.48. The quantitative estimate of drug-likeness (QED) is 0.304. The van der Waals surface area contributed by atoms with Crippen LogP contribution in [0.2, 0.25) is 0 Å². The predicted octanol–water partition coefficient (Wildman–Crippen LogP) is 1.20. The molecule has 0 heterocycles. The smallest absolute Gasteiger partial charge is 1.00 e. The van der Waals surface area contributed by atoms with Crippen LogP contribution in [0.1, 0.15) is 74.6 Å². The number of halogens is 1. The number of fused-ring (bicyclic) bond motifs is 5. The number of hydrogen-bond acceptors (Lipinski definition) is 7. The molecule has 0 aromatic carbocycles. The minimum absolute atomic E-state index is 0. The minimum atomic E-state index is -1.55. The van der Waals surface area contributed by atoms with Gasteiger partial charge in [0.25, 0.3) is 0 Å². The summed E-state index contributed by atoms with van der Waals surface area (Å²) in [6.45, 7) is 8.61. The number of alkyl halides is 1. The molecule has 0 radical (unpaired) electrons. The van der Waals surface area contributed by atoms with Crippen LogP contribution in [0.3, 0.4) is 0 Å². The third-order valence-electron chi connectivity index (χ3n) is 9.81. The van der Waals surface area contributed by atoms with Crippen molar-refractivity contribution in [3.05, 3.63) is 23.8 Å². The molecular formula is C28H38ClNaO7. The molecule has 3 saturated carbocycles. The summed E-state index contributed by atoms with van der Waals surface area (Å²) in [5.41, 5.74) is -2.27. The summed E-state index contributed by atoms with van der Waals surface area (Å²) in [6, 6.07) is 0. The Balaban J connectivity index is 0.00000253. The molecule has 1 N–H and O–H groups in total. The SMILES string of the molecule is CCC(=O)OCC(=O)[C@@]1(OC(=O)CC)[C@@H](C)C[C@H]2[C@@H]3CCC4=CC(=O)C=C[C@]4(C)[C@@]3(Cl)[C@@H](O)C[C@@]21C.[H-].[Na+]. The molecule has 8 atom stereocenters. The molecule has 0 spiro atoms. The normalized spacial score (nSPS) is 41.9. The summed E-state index contributed by atoms with van der Waals surface area (Å²) in [5, 5.41) is 11.8. The second kappa shape index (κ2) is 10.5. The number of Topliss-reactive ketones (excluding diaryl/α,β-unsaturated/α-hetero) is 1. The number of ether oxygens (including phenoxy) is 2. The van der Waals surface area contributed by atoms with Crippen LogP contribution in [-0.2, 0) is 28.7 Å². The Morgan fingerprint density at radius 3 is 2.43 bits per heavy atom. The molecule has 0 bridgehead atoms. The van der Waals surface area contributed by atoms with Gasteiger partial charge in [-0.25, -0.2) is 0 Å². The molecule has 4 aliphatic rings. The fourth-order valence-electron chi connectivity index (χ4n) is 8.01. The van der Waals surface area contributed by atoms with Crippen molar-refractivity contribution in [2.45, 2.75) is 89.7 Å². The second-order valence-electron chi connectivity index (χ2n) is 11.4. The second-order valence-corrected chi connectivity index (χ2v) is 12.0. The molecule has 37 heavy (non-hydrogen) atoms. The molecule has 0 aromatic rings. The number of rotatable bonds is 6. The molecule has 3 fully saturated rings. The first-order valence-electron chi connectivity index (χ1n) is 13.0. The van der Waals surface area contributed by atoms with Crippen molar-refractivity contribution in [3.63, 3.8) is 0 Å². The summed E-state index contributed by atoms with van der Waals surface area (Å²) < 4.78 is 11.3. The maximum absolute atomic E-state index is 13.9. The van der Waals surface area contributed by atoms with Crippen molar-refractivity contribution >= 4 is 35.1 Å². The van der Waals surface area contributed by atoms with E-state index in [-0.39, 0.29) is 73.8 Å². The standard InChI is InChI=1S/C28H37ClO7.Na.H/c1-6-23(33)35-15-22(32)28(36-24(34)7-2)16(3)12-20-19-9-8-17-13-18(30)10-11-25(17,4)27(19,29)21(31)14-26(20,28)5;;/h10-11,13,16,19-21,31H,6-9,12,14-15H2,1-5H3;;/q;+1;-1/t16-,19-,20-,21-,25-,26-,27-,28-;;/m0../s1. The molecule has 4 rings (SSSR count). The van der Waals surface area contributed by atoms with Gasteiger partial charge in [-0.2, -0.15) is 0 Å². The zero-order valence-corrected chi connectivity index (χ0v) is 25.5. The molecule has 200 valence electrons. The van der Waals surface area contributed by atoms with E-state index in [2.05, 4.69) is 0 Å². The van der Waals surface area contributed by atoms with E-state index < -0.39 is 51.7 Å². The van der Waals surface area contributed by atoms with E-state index in [1.165, 1.54) is 6.08 Å². The van der Waals surface area contributed by atoms with Gasteiger partial charge in [0.05, 0.1) is 11.0 Å². The number of carbonyl (C=O) groups is 4. The molecule has 0 saturated heterocycles. The van der Waals surface area contributed by atoms with Crippen molar-refractivity contribution in [1.82, 2.24) is 0 Å². The number of ketones is 2. The first-order chi connectivity index (χ1) is 16.8. The van der Waals surface area contributed by atoms with Gasteiger partial charge in [-0.3, -0.25) is 19.2 Å². The third kappa shape index (κ3) is 4.23. The van der Waals surface area contributed by atoms with Crippen molar-refractivity contribution in [3.8, 4) is 0 Å². The van der Waals surface area contributed by atoms with E-state index in [4.69, 9.17) is 21.1 Å². The topological polar surface area (TPSA) is 107 Å². The molecular weight excluding hydrogens is 507 g/mol. The Bertz CT molecular complexity index is 1060. The molecule has 7 nitrogen and oxygen atoms in total. The Morgan fingerprint density at radius 2 is 1.81 bits per heavy atom. The summed E-state index contributed by atoms with van der Waals surface area (Å²) in [7, 11) is 0. The zero-order chi connectivity index (χ0) is 26.7. The van der Waals surface area contributed by atoms with Crippen LogP contribution in [-0.4, -0.2) is 51.8 Å². The Hall–Kier alpha value is -0.990. The van der Waals surface area contributed by atoms with Gasteiger partial charge in [0.15, 0.2) is 18.0 Å². The number of aliphatic hydroxyl groups excluding tert-OH is 1. The van der Waals surface area contributed by atoms with Crippen molar-refractivity contribution in [1.29, 1.82) is 0 Å². The Kier molecular flexibility index (Phi) is 8.70.